The maximum Gasteiger partial charge on any atom is 0.303 e. The van der Waals surface area contributed by atoms with Gasteiger partial charge in [0.1, 0.15) is 11.8 Å². The molecule has 190 valence electrons. The molecule has 7 nitrogen and oxygen atoms in total. The largest absolute Gasteiger partial charge is 0.508 e. The number of phenolic OH excluding ortho intramolecular Hbond substituents is 1. The number of hydrogen-bond acceptors (Lipinski definition) is 4. The third kappa shape index (κ3) is 4.97. The van der Waals surface area contributed by atoms with E-state index < -0.39 is 17.9 Å². The number of phenols is 1. The lowest BCUT2D eigenvalue weighted by Crippen LogP contribution is -2.56. The molecule has 0 aliphatic heterocycles. The molecular formula is C29H34N2O5. The van der Waals surface area contributed by atoms with E-state index in [1.807, 2.05) is 12.1 Å². The minimum atomic E-state index is -1.01. The third-order valence-corrected chi connectivity index (χ3v) is 8.60. The first kappa shape index (κ1) is 24.3. The summed E-state index contributed by atoms with van der Waals surface area (Å²) in [6.07, 6.45) is 6.78. The molecule has 6 rings (SSSR count). The zero-order chi connectivity index (χ0) is 25.4. The first-order chi connectivity index (χ1) is 17.2. The number of primary amides is 1. The van der Waals surface area contributed by atoms with Gasteiger partial charge in [0.05, 0.1) is 0 Å². The summed E-state index contributed by atoms with van der Waals surface area (Å²) in [4.78, 5) is 39.4. The van der Waals surface area contributed by atoms with Crippen molar-refractivity contribution in [2.24, 2.45) is 28.9 Å². The Morgan fingerprint density at radius 3 is 1.86 bits per heavy atom. The predicted molar refractivity (Wildman–Crippen MR) is 135 cm³/mol. The van der Waals surface area contributed by atoms with E-state index in [1.165, 1.54) is 19.3 Å². The molecule has 4 aliphatic carbocycles. The second-order valence-corrected chi connectivity index (χ2v) is 11.3. The Labute approximate surface area is 211 Å². The van der Waals surface area contributed by atoms with Gasteiger partial charge in [0.25, 0.3) is 5.91 Å². The Morgan fingerprint density at radius 2 is 1.39 bits per heavy atom. The average molecular weight is 491 g/mol. The van der Waals surface area contributed by atoms with Crippen LogP contribution in [-0.4, -0.2) is 45.5 Å². The van der Waals surface area contributed by atoms with E-state index in [0.717, 1.165) is 30.4 Å². The molecule has 0 radical (unpaired) electrons. The summed E-state index contributed by atoms with van der Waals surface area (Å²) in [5.74, 6) is 0.287. The lowest BCUT2D eigenvalue weighted by atomic mass is 9.49. The normalized spacial score (nSPS) is 26.9. The number of rotatable bonds is 9. The van der Waals surface area contributed by atoms with Crippen LogP contribution in [0.2, 0.25) is 0 Å². The van der Waals surface area contributed by atoms with Gasteiger partial charge in [0.2, 0.25) is 5.91 Å². The molecule has 1 atom stereocenters. The summed E-state index contributed by atoms with van der Waals surface area (Å²) in [5.41, 5.74) is 8.01. The van der Waals surface area contributed by atoms with Gasteiger partial charge in [-0.3, -0.25) is 14.4 Å². The maximum absolute atomic E-state index is 13.9. The fourth-order valence-corrected chi connectivity index (χ4v) is 7.51. The fourth-order valence-electron chi connectivity index (χ4n) is 7.51. The van der Waals surface area contributed by atoms with Crippen molar-refractivity contribution < 1.29 is 24.6 Å². The molecule has 36 heavy (non-hydrogen) atoms. The zero-order valence-electron chi connectivity index (χ0n) is 20.4. The Morgan fingerprint density at radius 1 is 0.889 bits per heavy atom. The summed E-state index contributed by atoms with van der Waals surface area (Å²) in [7, 11) is 0. The summed E-state index contributed by atoms with van der Waals surface area (Å²) in [5, 5.41) is 18.8. The van der Waals surface area contributed by atoms with Crippen LogP contribution in [0.1, 0.15) is 61.7 Å². The Bertz CT molecular complexity index is 1110. The number of nitrogens with two attached hydrogens (primary N) is 1. The molecule has 0 spiro atoms. The number of carbonyl (C=O) groups is 3. The summed E-state index contributed by atoms with van der Waals surface area (Å²) < 4.78 is 0. The molecule has 2 aromatic rings. The predicted octanol–water partition coefficient (Wildman–Crippen LogP) is 4.44. The number of amides is 2. The number of benzene rings is 2. The van der Waals surface area contributed by atoms with Gasteiger partial charge in [-0.2, -0.15) is 0 Å². The molecular weight excluding hydrogens is 456 g/mol. The Kier molecular flexibility index (Phi) is 6.49. The van der Waals surface area contributed by atoms with Gasteiger partial charge in [0.15, 0.2) is 0 Å². The third-order valence-electron chi connectivity index (χ3n) is 8.60. The molecule has 2 amide bonds. The van der Waals surface area contributed by atoms with Crippen molar-refractivity contribution in [1.29, 1.82) is 0 Å². The second kappa shape index (κ2) is 9.60. The highest BCUT2D eigenvalue weighted by Gasteiger charge is 2.52. The van der Waals surface area contributed by atoms with E-state index in [-0.39, 0.29) is 29.9 Å². The van der Waals surface area contributed by atoms with E-state index in [9.17, 15) is 24.6 Å². The highest BCUT2D eigenvalue weighted by Crippen LogP contribution is 2.60. The first-order valence-electron chi connectivity index (χ1n) is 12.9. The van der Waals surface area contributed by atoms with Gasteiger partial charge in [-0.1, -0.05) is 24.3 Å². The summed E-state index contributed by atoms with van der Waals surface area (Å²) >= 11 is 0. The van der Waals surface area contributed by atoms with Crippen LogP contribution in [0.15, 0.2) is 48.5 Å². The molecule has 0 unspecified atom stereocenters. The van der Waals surface area contributed by atoms with Crippen LogP contribution in [0.25, 0.3) is 11.1 Å². The number of aromatic hydroxyl groups is 1. The molecule has 7 heteroatoms. The van der Waals surface area contributed by atoms with Crippen molar-refractivity contribution in [2.75, 3.05) is 6.54 Å². The van der Waals surface area contributed by atoms with E-state index in [0.29, 0.717) is 29.9 Å². The van der Waals surface area contributed by atoms with Gasteiger partial charge < -0.3 is 20.8 Å². The van der Waals surface area contributed by atoms with Crippen molar-refractivity contribution in [1.82, 2.24) is 4.90 Å². The molecule has 4 fully saturated rings. The van der Waals surface area contributed by atoms with Crippen molar-refractivity contribution in [2.45, 2.75) is 57.4 Å². The monoisotopic (exact) mass is 490 g/mol. The quantitative estimate of drug-likeness (QED) is 0.480. The van der Waals surface area contributed by atoms with E-state index >= 15 is 0 Å². The van der Waals surface area contributed by atoms with Gasteiger partial charge >= 0.3 is 5.97 Å². The van der Waals surface area contributed by atoms with Crippen molar-refractivity contribution in [3.63, 3.8) is 0 Å². The molecule has 2 aromatic carbocycles. The lowest BCUT2D eigenvalue weighted by Gasteiger charge is -2.58. The highest BCUT2D eigenvalue weighted by molar-refractivity contribution is 5.98. The minimum Gasteiger partial charge on any atom is -0.508 e. The van der Waals surface area contributed by atoms with Crippen molar-refractivity contribution in [3.05, 3.63) is 54.1 Å². The van der Waals surface area contributed by atoms with Crippen LogP contribution in [0.5, 0.6) is 5.75 Å². The Balaban J connectivity index is 1.43. The average Bonchev–Trinajstić information content (AvgIpc) is 2.82. The van der Waals surface area contributed by atoms with Crippen LogP contribution in [0, 0.1) is 23.2 Å². The van der Waals surface area contributed by atoms with Gasteiger partial charge in [-0.25, -0.2) is 0 Å². The topological polar surface area (TPSA) is 121 Å². The number of carbonyl (C=O) groups excluding carboxylic acids is 2. The lowest BCUT2D eigenvalue weighted by molar-refractivity contribution is -0.137. The smallest absolute Gasteiger partial charge is 0.303 e. The summed E-state index contributed by atoms with van der Waals surface area (Å²) in [6, 6.07) is 13.1. The molecule has 0 heterocycles. The number of hydrogen-bond donors (Lipinski definition) is 3. The molecule has 4 saturated carbocycles. The molecule has 4 N–H and O–H groups in total. The Hall–Kier alpha value is -3.35. The number of nitrogens with zero attached hydrogens (tertiary/aromatic N) is 1. The first-order valence-corrected chi connectivity index (χ1v) is 12.9. The number of carboxylic acids is 1. The van der Waals surface area contributed by atoms with Gasteiger partial charge in [-0.15, -0.1) is 0 Å². The van der Waals surface area contributed by atoms with E-state index in [4.69, 9.17) is 5.73 Å². The fraction of sp³-hybridized carbons (Fsp3) is 0.483. The van der Waals surface area contributed by atoms with Crippen molar-refractivity contribution >= 4 is 17.8 Å². The van der Waals surface area contributed by atoms with Gasteiger partial charge in [-0.05, 0) is 104 Å². The van der Waals surface area contributed by atoms with E-state index in [2.05, 4.69) is 0 Å². The zero-order valence-corrected chi connectivity index (χ0v) is 20.4. The van der Waals surface area contributed by atoms with E-state index in [1.54, 1.807) is 41.3 Å². The SMILES string of the molecule is NC(=O)[C@H](CCC(=O)O)N(CC12CC3CC(CC(C3)C1)C2)C(=O)c1ccc(-c2ccc(O)cc2)cc1. The maximum atomic E-state index is 13.9. The number of aliphatic carboxylic acids is 1. The summed E-state index contributed by atoms with van der Waals surface area (Å²) in [6.45, 7) is 0.447. The molecule has 4 bridgehead atoms. The minimum absolute atomic E-state index is 0.00830. The highest BCUT2D eigenvalue weighted by atomic mass is 16.4. The molecule has 0 aromatic heterocycles. The van der Waals surface area contributed by atoms with Crippen LogP contribution >= 0.6 is 0 Å². The molecule has 0 saturated heterocycles. The molecule has 4 aliphatic rings. The van der Waals surface area contributed by atoms with Crippen LogP contribution < -0.4 is 5.73 Å². The standard InChI is InChI=1S/C29H34N2O5/c30-27(35)25(9-10-26(33)34)31(17-29-14-18-11-19(15-29)13-20(12-18)16-29)28(36)23-3-1-21(2-4-23)22-5-7-24(32)8-6-22/h1-8,18-20,25,32H,9-17H2,(H2,30,35)(H,33,34)/t18?,19?,20?,25-,29?/m0/s1. The van der Waals surface area contributed by atoms with Crippen molar-refractivity contribution in [3.8, 4) is 16.9 Å². The van der Waals surface area contributed by atoms with Crippen LogP contribution in [0.4, 0.5) is 0 Å². The second-order valence-electron chi connectivity index (χ2n) is 11.3. The number of carboxylic acid groups (broad SMARTS) is 1. The van der Waals surface area contributed by atoms with Crippen LogP contribution in [0.3, 0.4) is 0 Å². The van der Waals surface area contributed by atoms with Gasteiger partial charge in [0, 0.05) is 18.5 Å². The van der Waals surface area contributed by atoms with Crippen LogP contribution in [-0.2, 0) is 9.59 Å².